The quantitative estimate of drug-likeness (QED) is 0.486. The number of nitriles is 1. The first-order chi connectivity index (χ1) is 16.0. The topological polar surface area (TPSA) is 139 Å². The fraction of sp³-hybridized carbons (Fsp3) is 0.261. The summed E-state index contributed by atoms with van der Waals surface area (Å²) in [4.78, 5) is 30.1. The van der Waals surface area contributed by atoms with Crippen molar-refractivity contribution in [2.24, 2.45) is 5.73 Å². The summed E-state index contributed by atoms with van der Waals surface area (Å²) in [7, 11) is 0. The Morgan fingerprint density at radius 3 is 2.70 bits per heavy atom. The zero-order valence-electron chi connectivity index (χ0n) is 18.2. The lowest BCUT2D eigenvalue weighted by molar-refractivity contribution is 0.0919. The van der Waals surface area contributed by atoms with Crippen LogP contribution >= 0.6 is 0 Å². The largest absolute Gasteiger partial charge is 0.444 e. The van der Waals surface area contributed by atoms with Gasteiger partial charge in [-0.1, -0.05) is 24.3 Å². The molecule has 1 atom stereocenters. The van der Waals surface area contributed by atoms with Gasteiger partial charge in [0, 0.05) is 42.9 Å². The highest BCUT2D eigenvalue weighted by atomic mass is 16.6. The van der Waals surface area contributed by atoms with Gasteiger partial charge in [-0.2, -0.15) is 10.4 Å². The van der Waals surface area contributed by atoms with Crippen molar-refractivity contribution >= 4 is 23.5 Å². The number of benzene rings is 1. The number of pyridine rings is 1. The molecular weight excluding hydrogens is 422 g/mol. The van der Waals surface area contributed by atoms with Gasteiger partial charge in [-0.25, -0.2) is 4.79 Å². The number of nitrogens with zero attached hydrogens (tertiary/aromatic N) is 5. The molecule has 3 rings (SSSR count). The molecule has 0 saturated heterocycles. The van der Waals surface area contributed by atoms with E-state index in [1.54, 1.807) is 18.5 Å². The highest BCUT2D eigenvalue weighted by Gasteiger charge is 2.24. The van der Waals surface area contributed by atoms with E-state index in [9.17, 15) is 14.9 Å². The van der Waals surface area contributed by atoms with Crippen LogP contribution in [0.4, 0.5) is 16.3 Å². The van der Waals surface area contributed by atoms with Gasteiger partial charge >= 0.3 is 6.09 Å². The van der Waals surface area contributed by atoms with Crippen molar-refractivity contribution in [1.82, 2.24) is 19.7 Å². The number of para-hydroxylation sites is 1. The van der Waals surface area contributed by atoms with E-state index in [4.69, 9.17) is 10.5 Å². The van der Waals surface area contributed by atoms with Crippen LogP contribution in [0.25, 0.3) is 0 Å². The average molecular weight is 447 g/mol. The number of likely N-dealkylation sites (N-methyl/N-ethyl adjacent to an activating group) is 1. The van der Waals surface area contributed by atoms with Crippen LogP contribution in [0.5, 0.6) is 0 Å². The van der Waals surface area contributed by atoms with Crippen molar-refractivity contribution in [3.8, 4) is 6.07 Å². The number of nitrogens with two attached hydrogens (primary N) is 1. The van der Waals surface area contributed by atoms with Gasteiger partial charge in [0.2, 0.25) is 0 Å². The van der Waals surface area contributed by atoms with Crippen LogP contribution in [0.2, 0.25) is 0 Å². The van der Waals surface area contributed by atoms with E-state index in [1.165, 1.54) is 15.8 Å². The molecule has 1 unspecified atom stereocenters. The molecule has 33 heavy (non-hydrogen) atoms. The number of aromatic nitrogens is 3. The van der Waals surface area contributed by atoms with E-state index >= 15 is 0 Å². The van der Waals surface area contributed by atoms with E-state index in [0.29, 0.717) is 6.54 Å². The number of carbonyl (C=O) groups excluding carboxylic acids is 2. The second-order valence-corrected chi connectivity index (χ2v) is 7.20. The van der Waals surface area contributed by atoms with E-state index in [2.05, 4.69) is 21.5 Å². The van der Waals surface area contributed by atoms with Gasteiger partial charge in [-0.15, -0.1) is 0 Å². The number of nitrogens with one attached hydrogen (secondary N) is 1. The second-order valence-electron chi connectivity index (χ2n) is 7.20. The lowest BCUT2D eigenvalue weighted by atomic mass is 10.2. The van der Waals surface area contributed by atoms with Crippen molar-refractivity contribution in [2.45, 2.75) is 26.0 Å². The summed E-state index contributed by atoms with van der Waals surface area (Å²) < 4.78 is 6.88. The number of hydrogen-bond donors (Lipinski definition) is 2. The van der Waals surface area contributed by atoms with Crippen molar-refractivity contribution in [3.05, 3.63) is 72.2 Å². The molecule has 0 radical (unpaired) electrons. The van der Waals surface area contributed by atoms with Crippen LogP contribution in [0.3, 0.4) is 0 Å². The van der Waals surface area contributed by atoms with Gasteiger partial charge in [-0.3, -0.25) is 14.5 Å². The Labute approximate surface area is 191 Å². The maximum atomic E-state index is 12.6. The van der Waals surface area contributed by atoms with Gasteiger partial charge in [0.1, 0.15) is 12.2 Å². The normalized spacial score (nSPS) is 11.3. The number of carbonyl (C=O) groups is 2. The molecule has 0 fully saturated rings. The first-order valence-corrected chi connectivity index (χ1v) is 10.4. The highest BCUT2D eigenvalue weighted by Crippen LogP contribution is 2.23. The maximum absolute atomic E-state index is 12.6. The second kappa shape index (κ2) is 11.3. The highest BCUT2D eigenvalue weighted by molar-refractivity contribution is 5.98. The Morgan fingerprint density at radius 1 is 1.27 bits per heavy atom. The molecule has 0 bridgehead atoms. The predicted molar refractivity (Wildman–Crippen MR) is 121 cm³/mol. The van der Waals surface area contributed by atoms with Crippen molar-refractivity contribution in [2.75, 3.05) is 18.4 Å². The summed E-state index contributed by atoms with van der Waals surface area (Å²) in [5.41, 5.74) is 7.22. The molecule has 0 aliphatic rings. The third-order valence-electron chi connectivity index (χ3n) is 4.89. The lowest BCUT2D eigenvalue weighted by Gasteiger charge is -2.25. The summed E-state index contributed by atoms with van der Waals surface area (Å²) in [6, 6.07) is 14.4. The molecule has 2 amide bonds. The molecule has 10 nitrogen and oxygen atoms in total. The molecule has 170 valence electrons. The number of rotatable bonds is 10. The molecule has 0 aliphatic carbocycles. The zero-order valence-corrected chi connectivity index (χ0v) is 18.2. The Morgan fingerprint density at radius 2 is 2.06 bits per heavy atom. The molecule has 1 aromatic carbocycles. The Hall–Kier alpha value is -4.39. The van der Waals surface area contributed by atoms with Gasteiger partial charge in [0.25, 0.3) is 5.91 Å². The minimum absolute atomic E-state index is 0.0665. The number of amides is 2. The molecule has 3 N–H and O–H groups in total. The van der Waals surface area contributed by atoms with Crippen molar-refractivity contribution in [1.29, 1.82) is 5.26 Å². The zero-order chi connectivity index (χ0) is 23.6. The third-order valence-corrected chi connectivity index (χ3v) is 4.89. The molecule has 3 aromatic rings. The first-order valence-electron chi connectivity index (χ1n) is 10.4. The standard InChI is InChI=1S/C23H25N7O3/c1-2-29(23(32)33-16-17-7-6-12-26-13-17)14-19(10-11-24)30-15-20(21(25)31)22(28-30)27-18-8-4-3-5-9-18/h3-9,12-13,15,19H,2,10,14,16H2,1H3,(H2,25,31)(H,27,28). The molecule has 0 spiro atoms. The van der Waals surface area contributed by atoms with Crippen LogP contribution < -0.4 is 11.1 Å². The number of hydrogen-bond acceptors (Lipinski definition) is 7. The summed E-state index contributed by atoms with van der Waals surface area (Å²) in [5.74, 6) is -0.377. The van der Waals surface area contributed by atoms with Crippen LogP contribution in [0.1, 0.15) is 35.3 Å². The van der Waals surface area contributed by atoms with Crippen LogP contribution in [0, 0.1) is 11.3 Å². The maximum Gasteiger partial charge on any atom is 0.410 e. The van der Waals surface area contributed by atoms with Gasteiger partial charge in [-0.05, 0) is 25.1 Å². The van der Waals surface area contributed by atoms with Crippen LogP contribution in [-0.2, 0) is 11.3 Å². The minimum Gasteiger partial charge on any atom is -0.444 e. The lowest BCUT2D eigenvalue weighted by Crippen LogP contribution is -2.36. The number of anilines is 2. The summed E-state index contributed by atoms with van der Waals surface area (Å²) >= 11 is 0. The smallest absolute Gasteiger partial charge is 0.410 e. The van der Waals surface area contributed by atoms with E-state index < -0.39 is 18.0 Å². The van der Waals surface area contributed by atoms with Gasteiger partial charge in [0.05, 0.1) is 18.5 Å². The molecule has 2 aromatic heterocycles. The van der Waals surface area contributed by atoms with Crippen molar-refractivity contribution < 1.29 is 14.3 Å². The summed E-state index contributed by atoms with van der Waals surface area (Å²) in [5, 5.41) is 16.9. The Kier molecular flexibility index (Phi) is 7.96. The molecule has 2 heterocycles. The Balaban J connectivity index is 1.76. The summed E-state index contributed by atoms with van der Waals surface area (Å²) in [6.45, 7) is 2.44. The third kappa shape index (κ3) is 6.30. The predicted octanol–water partition coefficient (Wildman–Crippen LogP) is 3.23. The molecule has 10 heteroatoms. The first kappa shape index (κ1) is 23.3. The molecular formula is C23H25N7O3. The van der Waals surface area contributed by atoms with Gasteiger partial charge < -0.3 is 20.7 Å². The monoisotopic (exact) mass is 447 g/mol. The fourth-order valence-electron chi connectivity index (χ4n) is 3.16. The Bertz CT molecular complexity index is 1110. The molecule has 0 saturated carbocycles. The van der Waals surface area contributed by atoms with Gasteiger partial charge in [0.15, 0.2) is 5.82 Å². The van der Waals surface area contributed by atoms with E-state index in [0.717, 1.165) is 11.3 Å². The number of primary amides is 1. The summed E-state index contributed by atoms with van der Waals surface area (Å²) in [6.07, 6.45) is 4.30. The average Bonchev–Trinajstić information content (AvgIpc) is 3.25. The van der Waals surface area contributed by atoms with E-state index in [1.807, 2.05) is 43.3 Å². The fourth-order valence-corrected chi connectivity index (χ4v) is 3.16. The van der Waals surface area contributed by atoms with Crippen LogP contribution in [-0.4, -0.2) is 44.8 Å². The van der Waals surface area contributed by atoms with E-state index in [-0.39, 0.29) is 31.0 Å². The van der Waals surface area contributed by atoms with Crippen LogP contribution in [0.15, 0.2) is 61.1 Å². The molecule has 0 aliphatic heterocycles. The van der Waals surface area contributed by atoms with Crippen molar-refractivity contribution in [3.63, 3.8) is 0 Å². The minimum atomic E-state index is -0.654. The SMILES string of the molecule is CCN(CC(CC#N)n1cc(C(N)=O)c(Nc2ccccc2)n1)C(=O)OCc1cccnc1. The number of ether oxygens (including phenoxy) is 1.